The third-order valence-corrected chi connectivity index (χ3v) is 4.17. The molecule has 0 aromatic heterocycles. The van der Waals surface area contributed by atoms with Gasteiger partial charge in [0.1, 0.15) is 5.75 Å². The lowest BCUT2D eigenvalue weighted by Gasteiger charge is -2.17. The Morgan fingerprint density at radius 2 is 2.00 bits per heavy atom. The summed E-state index contributed by atoms with van der Waals surface area (Å²) in [7, 11) is 1.34. The molecule has 132 valence electrons. The van der Waals surface area contributed by atoms with Gasteiger partial charge in [-0.05, 0) is 49.8 Å². The predicted molar refractivity (Wildman–Crippen MR) is 90.9 cm³/mol. The van der Waals surface area contributed by atoms with Gasteiger partial charge in [-0.2, -0.15) is 0 Å². The summed E-state index contributed by atoms with van der Waals surface area (Å²) in [5.41, 5.74) is 3.01. The topological polar surface area (TPSA) is 76.7 Å². The van der Waals surface area contributed by atoms with Crippen LogP contribution in [0.1, 0.15) is 36.0 Å². The van der Waals surface area contributed by atoms with Crippen LogP contribution in [-0.4, -0.2) is 38.2 Å². The van der Waals surface area contributed by atoms with Crippen molar-refractivity contribution < 1.29 is 19.1 Å². The van der Waals surface area contributed by atoms with Crippen molar-refractivity contribution in [2.24, 2.45) is 0 Å². The van der Waals surface area contributed by atoms with E-state index >= 15 is 0 Å². The van der Waals surface area contributed by atoms with Gasteiger partial charge in [0.25, 0.3) is 0 Å². The molecular formula is C18H26N2O4. The first kappa shape index (κ1) is 18.3. The zero-order valence-electron chi connectivity index (χ0n) is 14.6. The molecule has 1 aromatic carbocycles. The largest absolute Gasteiger partial charge is 0.481 e. The molecule has 0 radical (unpaired) electrons. The van der Waals surface area contributed by atoms with Crippen molar-refractivity contribution in [3.63, 3.8) is 0 Å². The monoisotopic (exact) mass is 334 g/mol. The van der Waals surface area contributed by atoms with Crippen LogP contribution < -0.4 is 15.4 Å². The lowest BCUT2D eigenvalue weighted by molar-refractivity contribution is -0.142. The number of hydrogen-bond acceptors (Lipinski definition) is 5. The lowest BCUT2D eigenvalue weighted by Crippen LogP contribution is -2.42. The maximum Gasteiger partial charge on any atom is 0.343 e. The number of rotatable bonds is 6. The van der Waals surface area contributed by atoms with Crippen LogP contribution in [0.15, 0.2) is 12.1 Å². The Labute approximate surface area is 142 Å². The smallest absolute Gasteiger partial charge is 0.343 e. The van der Waals surface area contributed by atoms with E-state index in [0.717, 1.165) is 42.5 Å². The molecule has 1 aliphatic rings. The summed E-state index contributed by atoms with van der Waals surface area (Å²) in [6, 6.07) is 3.89. The fraction of sp³-hybridized carbons (Fsp3) is 0.556. The zero-order chi connectivity index (χ0) is 17.5. The average Bonchev–Trinajstić information content (AvgIpc) is 2.76. The van der Waals surface area contributed by atoms with Gasteiger partial charge in [-0.3, -0.25) is 4.79 Å². The highest BCUT2D eigenvalue weighted by molar-refractivity contribution is 5.81. The SMILES string of the molecule is COC(=O)COc1c(C)cc(CNC2CCCCNC2=O)cc1C. The van der Waals surface area contributed by atoms with Crippen LogP contribution in [0.2, 0.25) is 0 Å². The summed E-state index contributed by atoms with van der Waals surface area (Å²) < 4.78 is 10.1. The van der Waals surface area contributed by atoms with Gasteiger partial charge < -0.3 is 20.1 Å². The molecule has 1 fully saturated rings. The molecule has 1 heterocycles. The highest BCUT2D eigenvalue weighted by Crippen LogP contribution is 2.25. The number of methoxy groups -OCH3 is 1. The van der Waals surface area contributed by atoms with Crippen LogP contribution in [0.3, 0.4) is 0 Å². The van der Waals surface area contributed by atoms with E-state index < -0.39 is 5.97 Å². The second-order valence-electron chi connectivity index (χ2n) is 6.14. The minimum Gasteiger partial charge on any atom is -0.481 e. The summed E-state index contributed by atoms with van der Waals surface area (Å²) in [6.45, 7) is 5.18. The number of carbonyl (C=O) groups excluding carboxylic acids is 2. The van der Waals surface area contributed by atoms with Crippen molar-refractivity contribution in [3.8, 4) is 5.75 Å². The van der Waals surface area contributed by atoms with Crippen molar-refractivity contribution in [3.05, 3.63) is 28.8 Å². The van der Waals surface area contributed by atoms with E-state index in [2.05, 4.69) is 15.4 Å². The van der Waals surface area contributed by atoms with Gasteiger partial charge in [0.2, 0.25) is 5.91 Å². The van der Waals surface area contributed by atoms with Gasteiger partial charge in [0, 0.05) is 13.1 Å². The summed E-state index contributed by atoms with van der Waals surface area (Å²) in [5, 5.41) is 6.26. The number of benzene rings is 1. The Bertz CT molecular complexity index is 578. The number of hydrogen-bond donors (Lipinski definition) is 2. The van der Waals surface area contributed by atoms with E-state index in [1.54, 1.807) is 0 Å². The van der Waals surface area contributed by atoms with Crippen molar-refractivity contribution in [1.82, 2.24) is 10.6 Å². The zero-order valence-corrected chi connectivity index (χ0v) is 14.6. The normalized spacial score (nSPS) is 17.8. The molecule has 2 rings (SSSR count). The van der Waals surface area contributed by atoms with E-state index in [1.165, 1.54) is 7.11 Å². The van der Waals surface area contributed by atoms with Gasteiger partial charge >= 0.3 is 5.97 Å². The van der Waals surface area contributed by atoms with Crippen molar-refractivity contribution in [1.29, 1.82) is 0 Å². The molecule has 0 spiro atoms. The van der Waals surface area contributed by atoms with Crippen LogP contribution in [-0.2, 0) is 20.9 Å². The second kappa shape index (κ2) is 8.68. The fourth-order valence-electron chi connectivity index (χ4n) is 2.93. The molecule has 0 saturated carbocycles. The molecular weight excluding hydrogens is 308 g/mol. The Morgan fingerprint density at radius 1 is 1.29 bits per heavy atom. The maximum atomic E-state index is 12.0. The molecule has 24 heavy (non-hydrogen) atoms. The Morgan fingerprint density at radius 3 is 2.67 bits per heavy atom. The second-order valence-corrected chi connectivity index (χ2v) is 6.14. The summed E-state index contributed by atoms with van der Waals surface area (Å²) >= 11 is 0. The Hall–Kier alpha value is -2.08. The number of nitrogens with one attached hydrogen (secondary N) is 2. The highest BCUT2D eigenvalue weighted by Gasteiger charge is 2.20. The van der Waals surface area contributed by atoms with E-state index in [1.807, 2.05) is 26.0 Å². The molecule has 1 amide bonds. The molecule has 0 bridgehead atoms. The van der Waals surface area contributed by atoms with Crippen LogP contribution in [0.5, 0.6) is 5.75 Å². The average molecular weight is 334 g/mol. The molecule has 0 aliphatic carbocycles. The number of aryl methyl sites for hydroxylation is 2. The predicted octanol–water partition coefficient (Wildman–Crippen LogP) is 1.61. The van der Waals surface area contributed by atoms with Gasteiger partial charge in [0.15, 0.2) is 6.61 Å². The van der Waals surface area contributed by atoms with E-state index in [9.17, 15) is 9.59 Å². The molecule has 2 N–H and O–H groups in total. The van der Waals surface area contributed by atoms with Crippen molar-refractivity contribution in [2.75, 3.05) is 20.3 Å². The van der Waals surface area contributed by atoms with Gasteiger partial charge in [0.05, 0.1) is 13.2 Å². The maximum absolute atomic E-state index is 12.0. The van der Waals surface area contributed by atoms with Gasteiger partial charge in [-0.1, -0.05) is 12.1 Å². The molecule has 1 atom stereocenters. The van der Waals surface area contributed by atoms with E-state index in [4.69, 9.17) is 4.74 Å². The van der Waals surface area contributed by atoms with E-state index in [0.29, 0.717) is 12.3 Å². The quantitative estimate of drug-likeness (QED) is 0.773. The number of esters is 1. The van der Waals surface area contributed by atoms with Crippen LogP contribution in [0, 0.1) is 13.8 Å². The summed E-state index contributed by atoms with van der Waals surface area (Å²) in [5.74, 6) is 0.384. The van der Waals surface area contributed by atoms with Gasteiger partial charge in [-0.25, -0.2) is 4.79 Å². The molecule has 6 heteroatoms. The minimum atomic E-state index is -0.404. The van der Waals surface area contributed by atoms with Crippen LogP contribution in [0.4, 0.5) is 0 Å². The fourth-order valence-corrected chi connectivity index (χ4v) is 2.93. The molecule has 1 unspecified atom stereocenters. The van der Waals surface area contributed by atoms with Crippen LogP contribution >= 0.6 is 0 Å². The van der Waals surface area contributed by atoms with Crippen molar-refractivity contribution in [2.45, 2.75) is 45.7 Å². The van der Waals surface area contributed by atoms with Gasteiger partial charge in [-0.15, -0.1) is 0 Å². The molecule has 6 nitrogen and oxygen atoms in total. The molecule has 1 saturated heterocycles. The highest BCUT2D eigenvalue weighted by atomic mass is 16.6. The van der Waals surface area contributed by atoms with Crippen molar-refractivity contribution >= 4 is 11.9 Å². The molecule has 1 aromatic rings. The summed E-state index contributed by atoms with van der Waals surface area (Å²) in [6.07, 6.45) is 2.95. The standard InChI is InChI=1S/C18H26N2O4/c1-12-8-14(9-13(2)17(12)24-11-16(21)23-3)10-20-15-6-4-5-7-19-18(15)22/h8-9,15,20H,4-7,10-11H2,1-3H3,(H,19,22). The van der Waals surface area contributed by atoms with Crippen LogP contribution in [0.25, 0.3) is 0 Å². The molecule has 1 aliphatic heterocycles. The number of ether oxygens (including phenoxy) is 2. The first-order valence-electron chi connectivity index (χ1n) is 8.32. The minimum absolute atomic E-state index is 0.0824. The number of carbonyl (C=O) groups is 2. The number of amides is 1. The first-order chi connectivity index (χ1) is 11.5. The Balaban J connectivity index is 1.98. The Kier molecular flexibility index (Phi) is 6.61. The third-order valence-electron chi connectivity index (χ3n) is 4.17. The van der Waals surface area contributed by atoms with E-state index in [-0.39, 0.29) is 18.6 Å². The first-order valence-corrected chi connectivity index (χ1v) is 8.32. The lowest BCUT2D eigenvalue weighted by atomic mass is 10.0. The third kappa shape index (κ3) is 4.96. The summed E-state index contributed by atoms with van der Waals surface area (Å²) in [4.78, 5) is 23.2.